The lowest BCUT2D eigenvalue weighted by Crippen LogP contribution is -2.24. The van der Waals surface area contributed by atoms with Gasteiger partial charge in [0.15, 0.2) is 0 Å². The first-order valence-electron chi connectivity index (χ1n) is 6.79. The summed E-state index contributed by atoms with van der Waals surface area (Å²) >= 11 is 12.4. The van der Waals surface area contributed by atoms with Gasteiger partial charge in [-0.05, 0) is 54.8 Å². The van der Waals surface area contributed by atoms with Crippen LogP contribution in [0.1, 0.15) is 35.2 Å². The second-order valence-electron chi connectivity index (χ2n) is 4.96. The summed E-state index contributed by atoms with van der Waals surface area (Å²) in [4.78, 5) is 0. The second-order valence-corrected chi connectivity index (χ2v) is 5.81. The van der Waals surface area contributed by atoms with Crippen molar-refractivity contribution in [1.29, 1.82) is 0 Å². The van der Waals surface area contributed by atoms with E-state index in [2.05, 4.69) is 44.3 Å². The third kappa shape index (κ3) is 3.17. The van der Waals surface area contributed by atoms with E-state index in [1.807, 2.05) is 12.1 Å². The monoisotopic (exact) mass is 307 g/mol. The summed E-state index contributed by atoms with van der Waals surface area (Å²) in [6.45, 7) is 7.24. The average Bonchev–Trinajstić information content (AvgIpc) is 2.38. The normalized spacial score (nSPS) is 12.4. The zero-order valence-corrected chi connectivity index (χ0v) is 13.5. The fraction of sp³-hybridized carbons (Fsp3) is 0.294. The Morgan fingerprint density at radius 2 is 1.70 bits per heavy atom. The summed E-state index contributed by atoms with van der Waals surface area (Å²) in [5.41, 5.74) is 4.89. The molecule has 0 spiro atoms. The maximum Gasteiger partial charge on any atom is 0.0596 e. The van der Waals surface area contributed by atoms with E-state index in [-0.39, 0.29) is 6.04 Å². The van der Waals surface area contributed by atoms with Gasteiger partial charge in [0.05, 0.1) is 6.04 Å². The van der Waals surface area contributed by atoms with Crippen molar-refractivity contribution < 1.29 is 0 Å². The number of rotatable bonds is 4. The lowest BCUT2D eigenvalue weighted by molar-refractivity contribution is 0.625. The van der Waals surface area contributed by atoms with Gasteiger partial charge >= 0.3 is 0 Å². The Morgan fingerprint density at radius 1 is 1.05 bits per heavy atom. The van der Waals surface area contributed by atoms with E-state index >= 15 is 0 Å². The zero-order chi connectivity index (χ0) is 14.7. The highest BCUT2D eigenvalue weighted by Crippen LogP contribution is 2.33. The molecule has 0 radical (unpaired) electrons. The van der Waals surface area contributed by atoms with Gasteiger partial charge in [0, 0.05) is 10.0 Å². The second kappa shape index (κ2) is 6.62. The molecule has 0 saturated heterocycles. The van der Waals surface area contributed by atoms with E-state index in [0.717, 1.165) is 12.1 Å². The average molecular weight is 308 g/mol. The maximum absolute atomic E-state index is 6.39. The highest BCUT2D eigenvalue weighted by molar-refractivity contribution is 6.35. The molecule has 0 saturated carbocycles. The SMILES string of the molecule is CCNC(c1ccc(Cl)cc1Cl)c1c(C)cccc1C. The quantitative estimate of drug-likeness (QED) is 0.807. The van der Waals surface area contributed by atoms with Gasteiger partial charge in [-0.2, -0.15) is 0 Å². The summed E-state index contributed by atoms with van der Waals surface area (Å²) in [6, 6.07) is 12.1. The van der Waals surface area contributed by atoms with Crippen LogP contribution in [0.3, 0.4) is 0 Å². The smallest absolute Gasteiger partial charge is 0.0596 e. The minimum atomic E-state index is 0.0889. The van der Waals surface area contributed by atoms with Gasteiger partial charge < -0.3 is 5.32 Å². The standard InChI is InChI=1S/C17H19Cl2N/c1-4-20-17(14-9-8-13(18)10-15(14)19)16-11(2)6-5-7-12(16)3/h5-10,17,20H,4H2,1-3H3. The Labute approximate surface area is 130 Å². The van der Waals surface area contributed by atoms with E-state index in [4.69, 9.17) is 23.2 Å². The number of aryl methyl sites for hydroxylation is 2. The van der Waals surface area contributed by atoms with Gasteiger partial charge in [0.1, 0.15) is 0 Å². The molecule has 0 aromatic heterocycles. The molecule has 20 heavy (non-hydrogen) atoms. The van der Waals surface area contributed by atoms with Crippen molar-refractivity contribution in [2.24, 2.45) is 0 Å². The van der Waals surface area contributed by atoms with Crippen molar-refractivity contribution in [1.82, 2.24) is 5.32 Å². The first kappa shape index (κ1) is 15.4. The van der Waals surface area contributed by atoms with Gasteiger partial charge in [-0.1, -0.05) is 54.4 Å². The number of halogens is 2. The van der Waals surface area contributed by atoms with Crippen LogP contribution in [0, 0.1) is 13.8 Å². The molecule has 2 rings (SSSR count). The van der Waals surface area contributed by atoms with Crippen molar-refractivity contribution in [3.05, 3.63) is 68.7 Å². The molecule has 1 atom stereocenters. The molecule has 0 aliphatic heterocycles. The Balaban J connectivity index is 2.56. The van der Waals surface area contributed by atoms with Crippen molar-refractivity contribution in [2.75, 3.05) is 6.54 Å². The Bertz CT molecular complexity index is 588. The summed E-state index contributed by atoms with van der Waals surface area (Å²) in [5, 5.41) is 4.89. The molecule has 0 fully saturated rings. The molecule has 2 aromatic carbocycles. The summed E-state index contributed by atoms with van der Waals surface area (Å²) in [5.74, 6) is 0. The van der Waals surface area contributed by atoms with Crippen molar-refractivity contribution in [2.45, 2.75) is 26.8 Å². The fourth-order valence-electron chi connectivity index (χ4n) is 2.59. The van der Waals surface area contributed by atoms with Crippen LogP contribution in [0.25, 0.3) is 0 Å². The molecular weight excluding hydrogens is 289 g/mol. The predicted molar refractivity (Wildman–Crippen MR) is 87.9 cm³/mol. The van der Waals surface area contributed by atoms with E-state index in [1.165, 1.54) is 16.7 Å². The van der Waals surface area contributed by atoms with Crippen LogP contribution in [0.2, 0.25) is 10.0 Å². The van der Waals surface area contributed by atoms with Crippen LogP contribution in [-0.4, -0.2) is 6.54 Å². The molecule has 3 heteroatoms. The topological polar surface area (TPSA) is 12.0 Å². The molecule has 0 heterocycles. The van der Waals surface area contributed by atoms with Crippen molar-refractivity contribution >= 4 is 23.2 Å². The Kier molecular flexibility index (Phi) is 5.09. The van der Waals surface area contributed by atoms with Gasteiger partial charge in [-0.25, -0.2) is 0 Å². The van der Waals surface area contributed by atoms with Crippen LogP contribution in [-0.2, 0) is 0 Å². The van der Waals surface area contributed by atoms with Gasteiger partial charge in [-0.15, -0.1) is 0 Å². The highest BCUT2D eigenvalue weighted by atomic mass is 35.5. The van der Waals surface area contributed by atoms with Crippen LogP contribution < -0.4 is 5.32 Å². The largest absolute Gasteiger partial charge is 0.306 e. The molecule has 0 amide bonds. The molecule has 1 unspecified atom stereocenters. The summed E-state index contributed by atoms with van der Waals surface area (Å²) in [6.07, 6.45) is 0. The van der Waals surface area contributed by atoms with Crippen LogP contribution in [0.5, 0.6) is 0 Å². The molecular formula is C17H19Cl2N. The molecule has 0 aliphatic carbocycles. The van der Waals surface area contributed by atoms with E-state index in [9.17, 15) is 0 Å². The number of nitrogens with one attached hydrogen (secondary N) is 1. The highest BCUT2D eigenvalue weighted by Gasteiger charge is 2.19. The van der Waals surface area contributed by atoms with Gasteiger partial charge in [0.2, 0.25) is 0 Å². The summed E-state index contributed by atoms with van der Waals surface area (Å²) < 4.78 is 0. The van der Waals surface area contributed by atoms with E-state index < -0.39 is 0 Å². The summed E-state index contributed by atoms with van der Waals surface area (Å²) in [7, 11) is 0. The molecule has 106 valence electrons. The minimum Gasteiger partial charge on any atom is -0.306 e. The van der Waals surface area contributed by atoms with Gasteiger partial charge in [-0.3, -0.25) is 0 Å². The molecule has 2 aromatic rings. The fourth-order valence-corrected chi connectivity index (χ4v) is 3.11. The minimum absolute atomic E-state index is 0.0889. The Hall–Kier alpha value is -1.02. The van der Waals surface area contributed by atoms with Crippen molar-refractivity contribution in [3.63, 3.8) is 0 Å². The molecule has 0 bridgehead atoms. The lowest BCUT2D eigenvalue weighted by Gasteiger charge is -2.24. The molecule has 0 aliphatic rings. The first-order chi connectivity index (χ1) is 9.54. The van der Waals surface area contributed by atoms with E-state index in [1.54, 1.807) is 6.07 Å². The Morgan fingerprint density at radius 3 is 2.25 bits per heavy atom. The van der Waals surface area contributed by atoms with Crippen LogP contribution in [0.15, 0.2) is 36.4 Å². The van der Waals surface area contributed by atoms with Crippen LogP contribution >= 0.6 is 23.2 Å². The first-order valence-corrected chi connectivity index (χ1v) is 7.54. The van der Waals surface area contributed by atoms with E-state index in [0.29, 0.717) is 10.0 Å². The number of hydrogen-bond donors (Lipinski definition) is 1. The lowest BCUT2D eigenvalue weighted by atomic mass is 9.91. The zero-order valence-electron chi connectivity index (χ0n) is 12.0. The number of benzene rings is 2. The number of hydrogen-bond acceptors (Lipinski definition) is 1. The third-order valence-corrected chi connectivity index (χ3v) is 4.07. The third-order valence-electron chi connectivity index (χ3n) is 3.51. The molecule has 1 N–H and O–H groups in total. The van der Waals surface area contributed by atoms with Crippen LogP contribution in [0.4, 0.5) is 0 Å². The predicted octanol–water partition coefficient (Wildman–Crippen LogP) is 5.31. The van der Waals surface area contributed by atoms with Crippen molar-refractivity contribution in [3.8, 4) is 0 Å². The maximum atomic E-state index is 6.39. The van der Waals surface area contributed by atoms with Gasteiger partial charge in [0.25, 0.3) is 0 Å². The molecule has 1 nitrogen and oxygen atoms in total.